The van der Waals surface area contributed by atoms with Crippen molar-refractivity contribution in [3.05, 3.63) is 36.0 Å². The average molecular weight is 204 g/mol. The van der Waals surface area contributed by atoms with E-state index in [1.165, 1.54) is 0 Å². The molecule has 0 fully saturated rings. The smallest absolute Gasteiger partial charge is 0.165 e. The third-order valence-electron chi connectivity index (χ3n) is 2.06. The molecule has 1 aromatic heterocycles. The fourth-order valence-corrected chi connectivity index (χ4v) is 1.31. The molecular formula is C10H12N4O. The van der Waals surface area contributed by atoms with Crippen molar-refractivity contribution in [2.24, 2.45) is 0 Å². The van der Waals surface area contributed by atoms with Crippen molar-refractivity contribution in [2.45, 2.75) is 6.54 Å². The Balaban J connectivity index is 2.11. The second-order valence-electron chi connectivity index (χ2n) is 3.19. The predicted octanol–water partition coefficient (Wildman–Crippen LogP) is 0.917. The summed E-state index contributed by atoms with van der Waals surface area (Å²) in [7, 11) is 1.65. The number of nitrogen functional groups attached to an aromatic ring is 1. The van der Waals surface area contributed by atoms with E-state index in [1.807, 2.05) is 24.3 Å². The molecule has 0 radical (unpaired) electrons. The van der Waals surface area contributed by atoms with Gasteiger partial charge < -0.3 is 10.5 Å². The van der Waals surface area contributed by atoms with Crippen molar-refractivity contribution in [3.8, 4) is 5.75 Å². The number of aromatic nitrogens is 3. The molecule has 2 N–H and O–H groups in total. The third kappa shape index (κ3) is 2.25. The van der Waals surface area contributed by atoms with Gasteiger partial charge in [0.2, 0.25) is 0 Å². The maximum Gasteiger partial charge on any atom is 0.165 e. The van der Waals surface area contributed by atoms with Crippen LogP contribution in [-0.2, 0) is 6.54 Å². The van der Waals surface area contributed by atoms with Gasteiger partial charge in [-0.1, -0.05) is 17.3 Å². The highest BCUT2D eigenvalue weighted by Gasteiger charge is 1.98. The zero-order valence-electron chi connectivity index (χ0n) is 8.42. The highest BCUT2D eigenvalue weighted by molar-refractivity contribution is 5.27. The molecule has 0 aliphatic heterocycles. The molecule has 0 saturated heterocycles. The molecule has 0 spiro atoms. The number of benzene rings is 1. The van der Waals surface area contributed by atoms with Crippen LogP contribution in [0.4, 0.5) is 5.82 Å². The summed E-state index contributed by atoms with van der Waals surface area (Å²) >= 11 is 0. The number of ether oxygens (including phenoxy) is 1. The van der Waals surface area contributed by atoms with Gasteiger partial charge in [0.05, 0.1) is 19.9 Å². The Labute approximate surface area is 87.5 Å². The fraction of sp³-hybridized carbons (Fsp3) is 0.200. The van der Waals surface area contributed by atoms with Crippen LogP contribution < -0.4 is 10.5 Å². The molecule has 0 saturated carbocycles. The fourth-order valence-electron chi connectivity index (χ4n) is 1.31. The van der Waals surface area contributed by atoms with Crippen LogP contribution in [0.15, 0.2) is 30.5 Å². The normalized spacial score (nSPS) is 10.2. The van der Waals surface area contributed by atoms with Crippen molar-refractivity contribution in [3.63, 3.8) is 0 Å². The van der Waals surface area contributed by atoms with Crippen LogP contribution in [0.2, 0.25) is 0 Å². The number of methoxy groups -OCH3 is 1. The van der Waals surface area contributed by atoms with Crippen LogP contribution in [-0.4, -0.2) is 22.1 Å². The standard InChI is InChI=1S/C10H12N4O/c1-15-9-4-2-8(3-5-9)6-14-7-10(11)12-13-14/h2-5,7H,6,11H2,1H3. The maximum atomic E-state index is 5.46. The van der Waals surface area contributed by atoms with E-state index in [4.69, 9.17) is 10.5 Å². The van der Waals surface area contributed by atoms with E-state index in [2.05, 4.69) is 10.3 Å². The van der Waals surface area contributed by atoms with E-state index < -0.39 is 0 Å². The summed E-state index contributed by atoms with van der Waals surface area (Å²) in [5, 5.41) is 7.58. The van der Waals surface area contributed by atoms with Gasteiger partial charge in [0.25, 0.3) is 0 Å². The average Bonchev–Trinajstić information content (AvgIpc) is 2.65. The summed E-state index contributed by atoms with van der Waals surface area (Å²) in [6.45, 7) is 0.661. The number of hydrogen-bond donors (Lipinski definition) is 1. The molecule has 0 aliphatic carbocycles. The van der Waals surface area contributed by atoms with Gasteiger partial charge in [0, 0.05) is 0 Å². The molecule has 1 aromatic carbocycles. The Morgan fingerprint density at radius 2 is 2.07 bits per heavy atom. The third-order valence-corrected chi connectivity index (χ3v) is 2.06. The molecule has 5 nitrogen and oxygen atoms in total. The Morgan fingerprint density at radius 3 is 2.60 bits per heavy atom. The van der Waals surface area contributed by atoms with Gasteiger partial charge in [-0.3, -0.25) is 0 Å². The summed E-state index contributed by atoms with van der Waals surface area (Å²) < 4.78 is 6.76. The van der Waals surface area contributed by atoms with E-state index in [9.17, 15) is 0 Å². The van der Waals surface area contributed by atoms with Crippen molar-refractivity contribution < 1.29 is 4.74 Å². The lowest BCUT2D eigenvalue weighted by Crippen LogP contribution is -2.00. The maximum absolute atomic E-state index is 5.46. The predicted molar refractivity (Wildman–Crippen MR) is 56.5 cm³/mol. The van der Waals surface area contributed by atoms with Crippen molar-refractivity contribution in [1.82, 2.24) is 15.0 Å². The number of nitrogens with two attached hydrogens (primary N) is 1. The minimum Gasteiger partial charge on any atom is -0.497 e. The summed E-state index contributed by atoms with van der Waals surface area (Å²) in [5.41, 5.74) is 6.59. The summed E-state index contributed by atoms with van der Waals surface area (Å²) in [5.74, 6) is 1.28. The molecule has 1 heterocycles. The number of rotatable bonds is 3. The summed E-state index contributed by atoms with van der Waals surface area (Å²) in [4.78, 5) is 0. The lowest BCUT2D eigenvalue weighted by Gasteiger charge is -2.02. The molecule has 5 heteroatoms. The highest BCUT2D eigenvalue weighted by Crippen LogP contribution is 2.12. The van der Waals surface area contributed by atoms with Crippen LogP contribution in [0.3, 0.4) is 0 Å². The first kappa shape index (κ1) is 9.51. The molecule has 78 valence electrons. The Bertz CT molecular complexity index is 435. The van der Waals surface area contributed by atoms with E-state index in [0.717, 1.165) is 11.3 Å². The Hall–Kier alpha value is -2.04. The van der Waals surface area contributed by atoms with Gasteiger partial charge in [-0.15, -0.1) is 5.10 Å². The van der Waals surface area contributed by atoms with Gasteiger partial charge in [-0.2, -0.15) is 0 Å². The SMILES string of the molecule is COc1ccc(Cn2cc(N)nn2)cc1. The first-order chi connectivity index (χ1) is 7.28. The minimum atomic E-state index is 0.434. The van der Waals surface area contributed by atoms with Gasteiger partial charge in [0.1, 0.15) is 5.75 Å². The van der Waals surface area contributed by atoms with E-state index in [0.29, 0.717) is 12.4 Å². The van der Waals surface area contributed by atoms with E-state index >= 15 is 0 Å². The first-order valence-electron chi connectivity index (χ1n) is 4.56. The van der Waals surface area contributed by atoms with Gasteiger partial charge >= 0.3 is 0 Å². The minimum absolute atomic E-state index is 0.434. The highest BCUT2D eigenvalue weighted by atomic mass is 16.5. The monoisotopic (exact) mass is 204 g/mol. The Kier molecular flexibility index (Phi) is 2.53. The Morgan fingerprint density at radius 1 is 1.33 bits per heavy atom. The van der Waals surface area contributed by atoms with Crippen molar-refractivity contribution in [1.29, 1.82) is 0 Å². The molecule has 0 bridgehead atoms. The van der Waals surface area contributed by atoms with Gasteiger partial charge in [0.15, 0.2) is 5.82 Å². The second-order valence-corrected chi connectivity index (χ2v) is 3.19. The van der Waals surface area contributed by atoms with Crippen LogP contribution in [0, 0.1) is 0 Å². The molecule has 0 amide bonds. The molecule has 15 heavy (non-hydrogen) atoms. The number of hydrogen-bond acceptors (Lipinski definition) is 4. The van der Waals surface area contributed by atoms with Crippen LogP contribution in [0.1, 0.15) is 5.56 Å². The van der Waals surface area contributed by atoms with E-state index in [-0.39, 0.29) is 0 Å². The first-order valence-corrected chi connectivity index (χ1v) is 4.56. The topological polar surface area (TPSA) is 66.0 Å². The molecule has 0 aliphatic rings. The molecule has 2 aromatic rings. The second kappa shape index (κ2) is 4.00. The lowest BCUT2D eigenvalue weighted by atomic mass is 10.2. The largest absolute Gasteiger partial charge is 0.497 e. The van der Waals surface area contributed by atoms with Crippen molar-refractivity contribution >= 4 is 5.82 Å². The van der Waals surface area contributed by atoms with Crippen molar-refractivity contribution in [2.75, 3.05) is 12.8 Å². The molecule has 0 atom stereocenters. The van der Waals surface area contributed by atoms with Crippen LogP contribution in [0.25, 0.3) is 0 Å². The zero-order valence-corrected chi connectivity index (χ0v) is 8.42. The van der Waals surface area contributed by atoms with Gasteiger partial charge in [-0.25, -0.2) is 4.68 Å². The quantitative estimate of drug-likeness (QED) is 0.807. The molecular weight excluding hydrogens is 192 g/mol. The molecule has 2 rings (SSSR count). The van der Waals surface area contributed by atoms with Crippen LogP contribution in [0.5, 0.6) is 5.75 Å². The molecule has 0 unspecified atom stereocenters. The summed E-state index contributed by atoms with van der Waals surface area (Å²) in [6, 6.07) is 7.79. The lowest BCUT2D eigenvalue weighted by molar-refractivity contribution is 0.414. The number of anilines is 1. The summed E-state index contributed by atoms with van der Waals surface area (Å²) in [6.07, 6.45) is 1.70. The zero-order chi connectivity index (χ0) is 10.7. The van der Waals surface area contributed by atoms with E-state index in [1.54, 1.807) is 18.0 Å². The van der Waals surface area contributed by atoms with Crippen LogP contribution >= 0.6 is 0 Å². The number of nitrogens with zero attached hydrogens (tertiary/aromatic N) is 3. The van der Waals surface area contributed by atoms with Gasteiger partial charge in [-0.05, 0) is 17.7 Å².